The van der Waals surface area contributed by atoms with E-state index in [9.17, 15) is 4.79 Å². The zero-order chi connectivity index (χ0) is 17.9. The standard InChI is InChI=1S/C20H28N2O3/c1-3-5-14-25-19-10-8-18(9-11-19)21-20(23)22-12-6-7-17(15-22)16-24-13-4-2/h2,8-11,17H,3,5-7,12-16H2,1H3,(H,21,23). The number of amides is 2. The second-order valence-electron chi connectivity index (χ2n) is 6.33. The summed E-state index contributed by atoms with van der Waals surface area (Å²) in [5.74, 6) is 3.65. The Morgan fingerprint density at radius 3 is 2.92 bits per heavy atom. The smallest absolute Gasteiger partial charge is 0.321 e. The first-order chi connectivity index (χ1) is 12.2. The van der Waals surface area contributed by atoms with Crippen LogP contribution in [0, 0.1) is 18.3 Å². The minimum absolute atomic E-state index is 0.0682. The van der Waals surface area contributed by atoms with Crippen molar-refractivity contribution < 1.29 is 14.3 Å². The lowest BCUT2D eigenvalue weighted by Crippen LogP contribution is -2.43. The molecule has 0 aromatic heterocycles. The summed E-state index contributed by atoms with van der Waals surface area (Å²) in [6.07, 6.45) is 9.40. The summed E-state index contributed by atoms with van der Waals surface area (Å²) in [4.78, 5) is 14.3. The highest BCUT2D eigenvalue weighted by Gasteiger charge is 2.23. The highest BCUT2D eigenvalue weighted by atomic mass is 16.5. The van der Waals surface area contributed by atoms with Gasteiger partial charge in [-0.3, -0.25) is 0 Å². The maximum atomic E-state index is 12.4. The molecular weight excluding hydrogens is 316 g/mol. The van der Waals surface area contributed by atoms with Gasteiger partial charge in [0.25, 0.3) is 0 Å². The molecule has 0 spiro atoms. The Hall–Kier alpha value is -2.19. The number of nitrogens with one attached hydrogen (secondary N) is 1. The molecule has 1 fully saturated rings. The van der Waals surface area contributed by atoms with Crippen LogP contribution in [0.25, 0.3) is 0 Å². The van der Waals surface area contributed by atoms with Crippen LogP contribution in [0.3, 0.4) is 0 Å². The van der Waals surface area contributed by atoms with E-state index in [1.54, 1.807) is 0 Å². The number of unbranched alkanes of at least 4 members (excludes halogenated alkanes) is 1. The van der Waals surface area contributed by atoms with Gasteiger partial charge in [-0.2, -0.15) is 0 Å². The maximum absolute atomic E-state index is 12.4. The number of carbonyl (C=O) groups excluding carboxylic acids is 1. The van der Waals surface area contributed by atoms with Gasteiger partial charge in [-0.15, -0.1) is 6.42 Å². The Morgan fingerprint density at radius 1 is 1.40 bits per heavy atom. The first-order valence-corrected chi connectivity index (χ1v) is 9.03. The number of benzene rings is 1. The second kappa shape index (κ2) is 10.6. The number of ether oxygens (including phenoxy) is 2. The van der Waals surface area contributed by atoms with Crippen molar-refractivity contribution in [1.82, 2.24) is 4.90 Å². The Bertz CT molecular complexity index is 565. The largest absolute Gasteiger partial charge is 0.494 e. The van der Waals surface area contributed by atoms with E-state index in [0.717, 1.165) is 50.3 Å². The number of hydrogen-bond acceptors (Lipinski definition) is 3. The molecule has 0 bridgehead atoms. The van der Waals surface area contributed by atoms with Crippen LogP contribution in [0.2, 0.25) is 0 Å². The summed E-state index contributed by atoms with van der Waals surface area (Å²) < 4.78 is 11.0. The quantitative estimate of drug-likeness (QED) is 0.577. The fraction of sp³-hybridized carbons (Fsp3) is 0.550. The molecule has 1 N–H and O–H groups in total. The third kappa shape index (κ3) is 6.67. The van der Waals surface area contributed by atoms with E-state index in [-0.39, 0.29) is 6.03 Å². The van der Waals surface area contributed by atoms with Crippen molar-refractivity contribution in [2.24, 2.45) is 5.92 Å². The van der Waals surface area contributed by atoms with Crippen LogP contribution < -0.4 is 10.1 Å². The first-order valence-electron chi connectivity index (χ1n) is 9.03. The number of carbonyl (C=O) groups is 1. The van der Waals surface area contributed by atoms with Crippen molar-refractivity contribution in [3.05, 3.63) is 24.3 Å². The minimum Gasteiger partial charge on any atom is -0.494 e. The van der Waals surface area contributed by atoms with Gasteiger partial charge in [0.15, 0.2) is 0 Å². The van der Waals surface area contributed by atoms with E-state index in [4.69, 9.17) is 15.9 Å². The van der Waals surface area contributed by atoms with Crippen molar-refractivity contribution in [3.63, 3.8) is 0 Å². The summed E-state index contributed by atoms with van der Waals surface area (Å²) in [6.45, 7) is 5.27. The summed E-state index contributed by atoms with van der Waals surface area (Å²) in [5, 5.41) is 2.95. The number of piperidine rings is 1. The number of rotatable bonds is 8. The van der Waals surface area contributed by atoms with E-state index < -0.39 is 0 Å². The molecule has 0 aliphatic carbocycles. The molecule has 5 heteroatoms. The zero-order valence-electron chi connectivity index (χ0n) is 15.0. The summed E-state index contributed by atoms with van der Waals surface area (Å²) in [7, 11) is 0. The number of anilines is 1. The molecular formula is C20H28N2O3. The molecule has 0 saturated carbocycles. The van der Waals surface area contributed by atoms with Gasteiger partial charge >= 0.3 is 6.03 Å². The molecule has 1 aromatic rings. The number of hydrogen-bond donors (Lipinski definition) is 1. The molecule has 25 heavy (non-hydrogen) atoms. The van der Waals surface area contributed by atoms with Crippen LogP contribution in [0.1, 0.15) is 32.6 Å². The van der Waals surface area contributed by atoms with Gasteiger partial charge in [0, 0.05) is 24.7 Å². The molecule has 1 aromatic carbocycles. The van der Waals surface area contributed by atoms with Crippen molar-refractivity contribution >= 4 is 11.7 Å². The lowest BCUT2D eigenvalue weighted by Gasteiger charge is -2.32. The molecule has 2 amide bonds. The minimum atomic E-state index is -0.0682. The predicted molar refractivity (Wildman–Crippen MR) is 99.8 cm³/mol. The number of nitrogens with zero attached hydrogens (tertiary/aromatic N) is 1. The van der Waals surface area contributed by atoms with E-state index in [0.29, 0.717) is 25.7 Å². The molecule has 1 unspecified atom stereocenters. The number of terminal acetylenes is 1. The van der Waals surface area contributed by atoms with Crippen molar-refractivity contribution in [1.29, 1.82) is 0 Å². The van der Waals surface area contributed by atoms with Crippen molar-refractivity contribution in [3.8, 4) is 18.1 Å². The Morgan fingerprint density at radius 2 is 2.20 bits per heavy atom. The van der Waals surface area contributed by atoms with Gasteiger partial charge in [-0.25, -0.2) is 4.79 Å². The van der Waals surface area contributed by atoms with E-state index in [1.807, 2.05) is 29.2 Å². The van der Waals surface area contributed by atoms with Gasteiger partial charge in [0.2, 0.25) is 0 Å². The Balaban J connectivity index is 1.79. The van der Waals surface area contributed by atoms with Crippen LogP contribution in [0.4, 0.5) is 10.5 Å². The van der Waals surface area contributed by atoms with Crippen molar-refractivity contribution in [2.45, 2.75) is 32.6 Å². The average Bonchev–Trinajstić information content (AvgIpc) is 2.64. The molecule has 1 aliphatic heterocycles. The summed E-state index contributed by atoms with van der Waals surface area (Å²) in [6, 6.07) is 7.45. The fourth-order valence-electron chi connectivity index (χ4n) is 2.84. The SMILES string of the molecule is C#CCOCC1CCCN(C(=O)Nc2ccc(OCCCC)cc2)C1. The molecule has 1 heterocycles. The third-order valence-electron chi connectivity index (χ3n) is 4.22. The Kier molecular flexibility index (Phi) is 8.14. The lowest BCUT2D eigenvalue weighted by molar-refractivity contribution is 0.0883. The molecule has 1 atom stereocenters. The second-order valence-corrected chi connectivity index (χ2v) is 6.33. The topological polar surface area (TPSA) is 50.8 Å². The number of urea groups is 1. The normalized spacial score (nSPS) is 17.0. The van der Waals surface area contributed by atoms with Gasteiger partial charge in [-0.05, 0) is 43.5 Å². The molecule has 136 valence electrons. The van der Waals surface area contributed by atoms with Gasteiger partial charge < -0.3 is 19.7 Å². The van der Waals surface area contributed by atoms with Crippen LogP contribution in [-0.4, -0.2) is 43.8 Å². The highest BCUT2D eigenvalue weighted by molar-refractivity contribution is 5.89. The maximum Gasteiger partial charge on any atom is 0.321 e. The van der Waals surface area contributed by atoms with E-state index >= 15 is 0 Å². The van der Waals surface area contributed by atoms with Gasteiger partial charge in [-0.1, -0.05) is 19.3 Å². The van der Waals surface area contributed by atoms with Crippen molar-refractivity contribution in [2.75, 3.05) is 38.2 Å². The monoisotopic (exact) mass is 344 g/mol. The van der Waals surface area contributed by atoms with E-state index in [2.05, 4.69) is 18.2 Å². The molecule has 2 rings (SSSR count). The van der Waals surface area contributed by atoms with Gasteiger partial charge in [0.05, 0.1) is 13.2 Å². The van der Waals surface area contributed by atoms with Gasteiger partial charge in [0.1, 0.15) is 12.4 Å². The Labute approximate surface area is 150 Å². The highest BCUT2D eigenvalue weighted by Crippen LogP contribution is 2.20. The lowest BCUT2D eigenvalue weighted by atomic mass is 9.99. The molecule has 0 radical (unpaired) electrons. The molecule has 5 nitrogen and oxygen atoms in total. The van der Waals surface area contributed by atoms with Crippen LogP contribution >= 0.6 is 0 Å². The summed E-state index contributed by atoms with van der Waals surface area (Å²) >= 11 is 0. The summed E-state index contributed by atoms with van der Waals surface area (Å²) in [5.41, 5.74) is 0.776. The third-order valence-corrected chi connectivity index (χ3v) is 4.22. The van der Waals surface area contributed by atoms with E-state index in [1.165, 1.54) is 0 Å². The van der Waals surface area contributed by atoms with Crippen LogP contribution in [0.15, 0.2) is 24.3 Å². The first kappa shape index (κ1) is 19.1. The number of likely N-dealkylation sites (tertiary alicyclic amines) is 1. The molecule has 1 saturated heterocycles. The zero-order valence-corrected chi connectivity index (χ0v) is 15.0. The fourth-order valence-corrected chi connectivity index (χ4v) is 2.84. The average molecular weight is 344 g/mol. The predicted octanol–water partition coefficient (Wildman–Crippen LogP) is 3.76. The molecule has 1 aliphatic rings. The van der Waals surface area contributed by atoms with Crippen LogP contribution in [-0.2, 0) is 4.74 Å². The van der Waals surface area contributed by atoms with Crippen LogP contribution in [0.5, 0.6) is 5.75 Å².